The predicted octanol–water partition coefficient (Wildman–Crippen LogP) is 1.24. The van der Waals surface area contributed by atoms with Gasteiger partial charge in [-0.3, -0.25) is 19.6 Å². The van der Waals surface area contributed by atoms with E-state index >= 15 is 0 Å². The Kier molecular flexibility index (Phi) is 6.42. The van der Waals surface area contributed by atoms with Gasteiger partial charge in [-0.05, 0) is 23.6 Å². The monoisotopic (exact) mass is 474 g/mol. The van der Waals surface area contributed by atoms with E-state index in [2.05, 4.69) is 20.5 Å². The third-order valence-corrected chi connectivity index (χ3v) is 7.95. The summed E-state index contributed by atoms with van der Waals surface area (Å²) in [6, 6.07) is 6.27. The smallest absolute Gasteiger partial charge is 0.352 e. The summed E-state index contributed by atoms with van der Waals surface area (Å²) in [6.07, 6.45) is 2.10. The van der Waals surface area contributed by atoms with Gasteiger partial charge in [0.25, 0.3) is 5.91 Å². The maximum atomic E-state index is 12.9. The van der Waals surface area contributed by atoms with Crippen molar-refractivity contribution < 1.29 is 19.5 Å². The Morgan fingerprint density at radius 1 is 1.44 bits per heavy atom. The molecule has 1 saturated heterocycles. The molecule has 1 aromatic heterocycles. The van der Waals surface area contributed by atoms with Crippen molar-refractivity contribution in [1.29, 1.82) is 0 Å². The van der Waals surface area contributed by atoms with Crippen LogP contribution in [0, 0.1) is 0 Å². The Morgan fingerprint density at radius 2 is 2.22 bits per heavy atom. The molecule has 2 aromatic rings. The van der Waals surface area contributed by atoms with E-state index in [1.54, 1.807) is 24.3 Å². The number of nitrogen functional groups attached to an aromatic ring is 1. The van der Waals surface area contributed by atoms with Crippen LogP contribution in [0.25, 0.3) is 0 Å². The van der Waals surface area contributed by atoms with Crippen molar-refractivity contribution in [2.45, 2.75) is 41.6 Å². The number of H-pyrrole nitrogens is 1. The highest BCUT2D eigenvalue weighted by molar-refractivity contribution is 8.01. The van der Waals surface area contributed by atoms with Gasteiger partial charge in [0.2, 0.25) is 5.91 Å². The molecule has 1 aromatic carbocycles. The van der Waals surface area contributed by atoms with Crippen LogP contribution in [0.2, 0.25) is 0 Å². The van der Waals surface area contributed by atoms with E-state index in [4.69, 9.17) is 5.73 Å². The van der Waals surface area contributed by atoms with Crippen molar-refractivity contribution in [3.63, 3.8) is 0 Å². The molecule has 4 rings (SSSR count). The molecular weight excluding hydrogens is 452 g/mol. The van der Waals surface area contributed by atoms with E-state index in [9.17, 15) is 19.5 Å². The number of hydrogen-bond acceptors (Lipinski definition) is 8. The molecule has 0 bridgehead atoms. The number of thioether (sulfide) groups is 2. The van der Waals surface area contributed by atoms with Crippen molar-refractivity contribution in [1.82, 2.24) is 25.4 Å². The highest BCUT2D eigenvalue weighted by Crippen LogP contribution is 2.44. The minimum Gasteiger partial charge on any atom is -0.477 e. The lowest BCUT2D eigenvalue weighted by Crippen LogP contribution is -2.70. The third kappa shape index (κ3) is 4.19. The molecule has 12 heteroatoms. The number of fused-ring (bicyclic) bond motifs is 1. The number of anilines is 1. The second kappa shape index (κ2) is 9.25. The van der Waals surface area contributed by atoms with Crippen molar-refractivity contribution in [2.24, 2.45) is 0 Å². The number of nitrogens with zero attached hydrogens (tertiary/aromatic N) is 3. The average molecular weight is 475 g/mol. The van der Waals surface area contributed by atoms with Crippen molar-refractivity contribution in [3.05, 3.63) is 47.4 Å². The second-order valence-electron chi connectivity index (χ2n) is 7.31. The summed E-state index contributed by atoms with van der Waals surface area (Å²) in [6.45, 7) is 1.95. The summed E-state index contributed by atoms with van der Waals surface area (Å²) < 4.78 is 0. The van der Waals surface area contributed by atoms with E-state index in [1.165, 1.54) is 34.8 Å². The van der Waals surface area contributed by atoms with Crippen LogP contribution in [-0.4, -0.2) is 65.4 Å². The van der Waals surface area contributed by atoms with Crippen molar-refractivity contribution >= 4 is 47.0 Å². The fourth-order valence-corrected chi connectivity index (χ4v) is 6.28. The number of aromatic amines is 1. The standard InChI is InChI=1S/C20H22N6O4S2/c1-2-13(32-20-22-9-23-25-20)11-8-31-18-15(17(28)26(18)16(11)19(29)30)24-14(27)7-10-5-3-4-6-12(10)21/h3-6,9,13,15,18H,2,7-8,21H2,1H3,(H,24,27)(H,29,30)(H,22,23,25)/t13?,15?,18-/m0/s1. The third-order valence-electron chi connectivity index (χ3n) is 5.33. The van der Waals surface area contributed by atoms with E-state index < -0.39 is 23.3 Å². The largest absolute Gasteiger partial charge is 0.477 e. The van der Waals surface area contributed by atoms with Crippen LogP contribution in [0.15, 0.2) is 47.0 Å². The van der Waals surface area contributed by atoms with E-state index in [0.717, 1.165) is 0 Å². The number of β-lactam (4-membered cyclic amide) rings is 1. The number of para-hydroxylation sites is 1. The van der Waals surface area contributed by atoms with Gasteiger partial charge in [-0.15, -0.1) is 11.8 Å². The lowest BCUT2D eigenvalue weighted by Gasteiger charge is -2.50. The number of amides is 2. The SMILES string of the molecule is CCC(Sc1ncn[nH]1)C1=C(C(=O)O)N2C(=O)C(NC(=O)Cc3ccccc3N)[C@@H]2SC1. The average Bonchev–Trinajstić information content (AvgIpc) is 3.29. The Bertz CT molecular complexity index is 1070. The normalized spacial score (nSPS) is 21.0. The van der Waals surface area contributed by atoms with Gasteiger partial charge in [0, 0.05) is 16.7 Å². The van der Waals surface area contributed by atoms with Crippen LogP contribution in [0.1, 0.15) is 18.9 Å². The molecule has 10 nitrogen and oxygen atoms in total. The first-order valence-electron chi connectivity index (χ1n) is 9.96. The minimum absolute atomic E-state index is 0.00424. The van der Waals surface area contributed by atoms with Crippen LogP contribution in [0.4, 0.5) is 5.69 Å². The number of carboxylic acids is 1. The first kappa shape index (κ1) is 22.2. The maximum absolute atomic E-state index is 12.9. The summed E-state index contributed by atoms with van der Waals surface area (Å²) in [7, 11) is 0. The van der Waals surface area contributed by atoms with Crippen LogP contribution < -0.4 is 11.1 Å². The molecule has 0 aliphatic carbocycles. The van der Waals surface area contributed by atoms with Gasteiger partial charge < -0.3 is 16.2 Å². The number of nitrogens with one attached hydrogen (secondary N) is 2. The molecule has 32 heavy (non-hydrogen) atoms. The number of rotatable bonds is 8. The van der Waals surface area contributed by atoms with Gasteiger partial charge in [0.05, 0.1) is 6.42 Å². The lowest BCUT2D eigenvalue weighted by molar-refractivity contribution is -0.150. The molecule has 0 radical (unpaired) electrons. The van der Waals surface area contributed by atoms with E-state index in [0.29, 0.717) is 34.2 Å². The van der Waals surface area contributed by atoms with Gasteiger partial charge in [0.1, 0.15) is 23.4 Å². The van der Waals surface area contributed by atoms with Gasteiger partial charge in [-0.25, -0.2) is 9.78 Å². The number of carbonyl (C=O) groups is 3. The molecule has 0 saturated carbocycles. The second-order valence-corrected chi connectivity index (χ2v) is 9.61. The van der Waals surface area contributed by atoms with Crippen molar-refractivity contribution in [2.75, 3.05) is 11.5 Å². The van der Waals surface area contributed by atoms with Crippen LogP contribution in [-0.2, 0) is 20.8 Å². The molecule has 1 fully saturated rings. The number of aliphatic carboxylic acids is 1. The molecule has 3 heterocycles. The highest BCUT2D eigenvalue weighted by Gasteiger charge is 2.54. The number of benzene rings is 1. The highest BCUT2D eigenvalue weighted by atomic mass is 32.2. The summed E-state index contributed by atoms with van der Waals surface area (Å²) in [5.41, 5.74) is 7.73. The van der Waals surface area contributed by atoms with E-state index in [-0.39, 0.29) is 23.3 Å². The molecule has 2 aliphatic rings. The van der Waals surface area contributed by atoms with Gasteiger partial charge in [0.15, 0.2) is 5.16 Å². The zero-order valence-corrected chi connectivity index (χ0v) is 18.8. The minimum atomic E-state index is -1.16. The lowest BCUT2D eigenvalue weighted by atomic mass is 10.00. The zero-order valence-electron chi connectivity index (χ0n) is 17.1. The fourth-order valence-electron chi connectivity index (χ4n) is 3.77. The Morgan fingerprint density at radius 3 is 2.88 bits per heavy atom. The molecule has 168 valence electrons. The van der Waals surface area contributed by atoms with Gasteiger partial charge >= 0.3 is 5.97 Å². The zero-order chi connectivity index (χ0) is 22.8. The molecule has 5 N–H and O–H groups in total. The first-order chi connectivity index (χ1) is 15.4. The van der Waals surface area contributed by atoms with Crippen molar-refractivity contribution in [3.8, 4) is 0 Å². The van der Waals surface area contributed by atoms with E-state index in [1.807, 2.05) is 6.92 Å². The first-order valence-corrected chi connectivity index (χ1v) is 11.9. The van der Waals surface area contributed by atoms with Crippen LogP contribution in [0.5, 0.6) is 0 Å². The van der Waals surface area contributed by atoms with Crippen LogP contribution in [0.3, 0.4) is 0 Å². The number of hydrogen-bond donors (Lipinski definition) is 4. The number of nitrogens with two attached hydrogens (primary N) is 1. The summed E-state index contributed by atoms with van der Waals surface area (Å²) >= 11 is 2.83. The quantitative estimate of drug-likeness (QED) is 0.251. The molecule has 2 amide bonds. The molecule has 2 unspecified atom stereocenters. The summed E-state index contributed by atoms with van der Waals surface area (Å²) in [5, 5.41) is 19.2. The Balaban J connectivity index is 1.50. The number of aromatic nitrogens is 3. The summed E-state index contributed by atoms with van der Waals surface area (Å²) in [4.78, 5) is 42.9. The summed E-state index contributed by atoms with van der Waals surface area (Å²) in [5.74, 6) is -1.48. The predicted molar refractivity (Wildman–Crippen MR) is 121 cm³/mol. The van der Waals surface area contributed by atoms with Gasteiger partial charge in [-0.2, -0.15) is 5.10 Å². The topological polar surface area (TPSA) is 154 Å². The molecule has 2 aliphatic heterocycles. The number of carboxylic acid groups (broad SMARTS) is 1. The Hall–Kier alpha value is -2.99. The Labute approximate surface area is 192 Å². The number of carbonyl (C=O) groups excluding carboxylic acids is 2. The maximum Gasteiger partial charge on any atom is 0.352 e. The molecule has 3 atom stereocenters. The fraction of sp³-hybridized carbons (Fsp3) is 0.350. The van der Waals surface area contributed by atoms with Gasteiger partial charge in [-0.1, -0.05) is 36.9 Å². The molecular formula is C20H22N6O4S2. The molecule has 0 spiro atoms. The van der Waals surface area contributed by atoms with Crippen LogP contribution >= 0.6 is 23.5 Å².